The number of nitrogens with one attached hydrogen (secondary N) is 2. The Kier molecular flexibility index (Phi) is 3.50. The first-order chi connectivity index (χ1) is 9.67. The van der Waals surface area contributed by atoms with Crippen molar-refractivity contribution in [3.05, 3.63) is 36.7 Å². The van der Waals surface area contributed by atoms with Gasteiger partial charge in [0, 0.05) is 23.2 Å². The van der Waals surface area contributed by atoms with E-state index in [0.717, 1.165) is 16.9 Å². The van der Waals surface area contributed by atoms with E-state index in [1.165, 1.54) is 0 Å². The summed E-state index contributed by atoms with van der Waals surface area (Å²) < 4.78 is 0. The molecule has 6 heteroatoms. The summed E-state index contributed by atoms with van der Waals surface area (Å²) in [5, 5.41) is 19.7. The zero-order valence-corrected chi connectivity index (χ0v) is 11.6. The third-order valence-electron chi connectivity index (χ3n) is 3.38. The van der Waals surface area contributed by atoms with E-state index in [-0.39, 0.29) is 5.91 Å². The predicted octanol–water partition coefficient (Wildman–Crippen LogP) is 1.88. The summed E-state index contributed by atoms with van der Waals surface area (Å²) in [6.07, 6.45) is 4.02. The minimum atomic E-state index is -1.24. The van der Waals surface area contributed by atoms with Crippen LogP contribution in [0.5, 0.6) is 0 Å². The van der Waals surface area contributed by atoms with Gasteiger partial charge in [-0.1, -0.05) is 12.1 Å². The fourth-order valence-corrected chi connectivity index (χ4v) is 3.41. The van der Waals surface area contributed by atoms with Crippen molar-refractivity contribution in [2.24, 2.45) is 0 Å². The molecule has 5 nitrogen and oxygen atoms in total. The highest BCUT2D eigenvalue weighted by Gasteiger charge is 2.39. The van der Waals surface area contributed by atoms with Gasteiger partial charge in [0.15, 0.2) is 5.60 Å². The van der Waals surface area contributed by atoms with Gasteiger partial charge in [-0.15, -0.1) is 0 Å². The molecule has 3 rings (SSSR count). The molecule has 0 radical (unpaired) electrons. The number of rotatable bonds is 3. The van der Waals surface area contributed by atoms with E-state index in [1.807, 2.05) is 24.3 Å². The number of anilines is 1. The summed E-state index contributed by atoms with van der Waals surface area (Å²) in [6.45, 7) is 0. The van der Waals surface area contributed by atoms with Crippen LogP contribution in [0.2, 0.25) is 0 Å². The Bertz CT molecular complexity index is 607. The van der Waals surface area contributed by atoms with Gasteiger partial charge in [-0.3, -0.25) is 9.89 Å². The Hall–Kier alpha value is -1.79. The van der Waals surface area contributed by atoms with Gasteiger partial charge in [0.2, 0.25) is 0 Å². The van der Waals surface area contributed by atoms with E-state index in [4.69, 9.17) is 0 Å². The molecule has 1 aliphatic heterocycles. The normalized spacial score (nSPS) is 21.9. The van der Waals surface area contributed by atoms with Crippen LogP contribution < -0.4 is 5.32 Å². The van der Waals surface area contributed by atoms with Gasteiger partial charge in [0.1, 0.15) is 0 Å². The van der Waals surface area contributed by atoms with Crippen LogP contribution in [0.3, 0.4) is 0 Å². The van der Waals surface area contributed by atoms with Gasteiger partial charge in [-0.05, 0) is 29.9 Å². The minimum Gasteiger partial charge on any atom is -0.379 e. The smallest absolute Gasteiger partial charge is 0.257 e. The molecule has 1 aliphatic rings. The van der Waals surface area contributed by atoms with E-state index >= 15 is 0 Å². The van der Waals surface area contributed by atoms with Crippen molar-refractivity contribution in [1.82, 2.24) is 10.2 Å². The standard InChI is InChI=1S/C14H15N3O2S/c18-13(14(19)4-5-20-9-14)17-12-3-1-2-10(6-12)11-7-15-16-8-11/h1-3,6-8,19H,4-5,9H2,(H,15,16)(H,17,18). The molecule has 2 heterocycles. The maximum absolute atomic E-state index is 12.1. The largest absolute Gasteiger partial charge is 0.379 e. The number of H-pyrrole nitrogens is 1. The molecular weight excluding hydrogens is 274 g/mol. The van der Waals surface area contributed by atoms with E-state index in [0.29, 0.717) is 17.9 Å². The molecule has 1 atom stereocenters. The Morgan fingerprint density at radius 1 is 1.45 bits per heavy atom. The van der Waals surface area contributed by atoms with Crippen molar-refractivity contribution < 1.29 is 9.90 Å². The maximum atomic E-state index is 12.1. The molecule has 1 fully saturated rings. The third-order valence-corrected chi connectivity index (χ3v) is 4.55. The summed E-state index contributed by atoms with van der Waals surface area (Å²) in [4.78, 5) is 12.1. The number of benzene rings is 1. The number of nitrogens with zero attached hydrogens (tertiary/aromatic N) is 1. The number of aromatic nitrogens is 2. The fourth-order valence-electron chi connectivity index (χ4n) is 2.17. The number of carbonyl (C=O) groups is 1. The average Bonchev–Trinajstić information content (AvgIpc) is 3.11. The van der Waals surface area contributed by atoms with Gasteiger partial charge in [0.05, 0.1) is 6.20 Å². The molecule has 0 spiro atoms. The van der Waals surface area contributed by atoms with Gasteiger partial charge >= 0.3 is 0 Å². The summed E-state index contributed by atoms with van der Waals surface area (Å²) in [5.41, 5.74) is 1.36. The highest BCUT2D eigenvalue weighted by Crippen LogP contribution is 2.29. The first-order valence-electron chi connectivity index (χ1n) is 6.38. The van der Waals surface area contributed by atoms with Crippen molar-refractivity contribution in [2.75, 3.05) is 16.8 Å². The number of hydrogen-bond donors (Lipinski definition) is 3. The number of carbonyl (C=O) groups excluding carboxylic acids is 1. The molecular formula is C14H15N3O2S. The molecule has 0 bridgehead atoms. The van der Waals surface area contributed by atoms with Crippen molar-refractivity contribution in [3.63, 3.8) is 0 Å². The second kappa shape index (κ2) is 5.30. The molecule has 0 saturated carbocycles. The third kappa shape index (κ3) is 2.57. The van der Waals surface area contributed by atoms with E-state index in [1.54, 1.807) is 24.2 Å². The van der Waals surface area contributed by atoms with E-state index in [9.17, 15) is 9.90 Å². The van der Waals surface area contributed by atoms with Crippen LogP contribution in [0.4, 0.5) is 5.69 Å². The Morgan fingerprint density at radius 3 is 3.05 bits per heavy atom. The van der Waals surface area contributed by atoms with Crippen LogP contribution in [0.1, 0.15) is 6.42 Å². The molecule has 1 saturated heterocycles. The molecule has 1 unspecified atom stereocenters. The number of thioether (sulfide) groups is 1. The first kappa shape index (κ1) is 13.2. The van der Waals surface area contributed by atoms with Gasteiger partial charge < -0.3 is 10.4 Å². The van der Waals surface area contributed by atoms with Crippen LogP contribution >= 0.6 is 11.8 Å². The lowest BCUT2D eigenvalue weighted by Gasteiger charge is -2.20. The van der Waals surface area contributed by atoms with Crippen LogP contribution in [-0.2, 0) is 4.79 Å². The van der Waals surface area contributed by atoms with Gasteiger partial charge in [-0.25, -0.2) is 0 Å². The van der Waals surface area contributed by atoms with Crippen LogP contribution in [0, 0.1) is 0 Å². The molecule has 104 valence electrons. The predicted molar refractivity (Wildman–Crippen MR) is 79.5 cm³/mol. The zero-order valence-electron chi connectivity index (χ0n) is 10.8. The van der Waals surface area contributed by atoms with Gasteiger partial charge in [0.25, 0.3) is 5.91 Å². The maximum Gasteiger partial charge on any atom is 0.257 e. The summed E-state index contributed by atoms with van der Waals surface area (Å²) in [7, 11) is 0. The molecule has 3 N–H and O–H groups in total. The monoisotopic (exact) mass is 289 g/mol. The summed E-state index contributed by atoms with van der Waals surface area (Å²) in [5.74, 6) is 0.950. The van der Waals surface area contributed by atoms with E-state index < -0.39 is 5.60 Å². The Morgan fingerprint density at radius 2 is 2.35 bits per heavy atom. The van der Waals surface area contributed by atoms with Crippen LogP contribution in [0.15, 0.2) is 36.7 Å². The lowest BCUT2D eigenvalue weighted by atomic mass is 10.0. The molecule has 0 aliphatic carbocycles. The number of amides is 1. The van der Waals surface area contributed by atoms with E-state index in [2.05, 4.69) is 15.5 Å². The van der Waals surface area contributed by atoms with Crippen molar-refractivity contribution in [1.29, 1.82) is 0 Å². The number of aliphatic hydroxyl groups is 1. The highest BCUT2D eigenvalue weighted by atomic mass is 32.2. The van der Waals surface area contributed by atoms with Crippen LogP contribution in [-0.4, -0.2) is 38.3 Å². The lowest BCUT2D eigenvalue weighted by molar-refractivity contribution is -0.131. The van der Waals surface area contributed by atoms with Crippen molar-refractivity contribution >= 4 is 23.4 Å². The molecule has 1 aromatic heterocycles. The quantitative estimate of drug-likeness (QED) is 0.806. The van der Waals surface area contributed by atoms with Gasteiger partial charge in [-0.2, -0.15) is 16.9 Å². The molecule has 2 aromatic rings. The topological polar surface area (TPSA) is 78.0 Å². The number of aromatic amines is 1. The minimum absolute atomic E-state index is 0.327. The van der Waals surface area contributed by atoms with Crippen molar-refractivity contribution in [3.8, 4) is 11.1 Å². The average molecular weight is 289 g/mol. The van der Waals surface area contributed by atoms with Crippen molar-refractivity contribution in [2.45, 2.75) is 12.0 Å². The van der Waals surface area contributed by atoms with Crippen LogP contribution in [0.25, 0.3) is 11.1 Å². The Balaban J connectivity index is 1.78. The molecule has 20 heavy (non-hydrogen) atoms. The zero-order chi connectivity index (χ0) is 14.0. The highest BCUT2D eigenvalue weighted by molar-refractivity contribution is 7.99. The number of hydrogen-bond acceptors (Lipinski definition) is 4. The second-order valence-corrected chi connectivity index (χ2v) is 5.96. The SMILES string of the molecule is O=C(Nc1cccc(-c2cn[nH]c2)c1)C1(O)CCSC1. The molecule has 1 aromatic carbocycles. The molecule has 1 amide bonds. The first-order valence-corrected chi connectivity index (χ1v) is 7.54. The summed E-state index contributed by atoms with van der Waals surface area (Å²) in [6, 6.07) is 7.49. The second-order valence-electron chi connectivity index (χ2n) is 4.86. The summed E-state index contributed by atoms with van der Waals surface area (Å²) >= 11 is 1.60. The fraction of sp³-hybridized carbons (Fsp3) is 0.286. The lowest BCUT2D eigenvalue weighted by Crippen LogP contribution is -2.42. The Labute approximate surface area is 120 Å².